The van der Waals surface area contributed by atoms with Gasteiger partial charge >= 0.3 is 0 Å². The van der Waals surface area contributed by atoms with Gasteiger partial charge in [0, 0.05) is 26.7 Å². The Morgan fingerprint density at radius 3 is 2.61 bits per heavy atom. The molecule has 1 saturated heterocycles. The van der Waals surface area contributed by atoms with Crippen molar-refractivity contribution in [3.05, 3.63) is 30.1 Å². The van der Waals surface area contributed by atoms with Crippen LogP contribution in [-0.2, 0) is 6.54 Å². The summed E-state index contributed by atoms with van der Waals surface area (Å²) in [4.78, 5) is 11.6. The third kappa shape index (κ3) is 6.34. The van der Waals surface area contributed by atoms with Crippen molar-refractivity contribution in [1.29, 1.82) is 0 Å². The summed E-state index contributed by atoms with van der Waals surface area (Å²) in [6.45, 7) is 10.8. The van der Waals surface area contributed by atoms with Gasteiger partial charge in [0.25, 0.3) is 0 Å². The second-order valence-electron chi connectivity index (χ2n) is 7.60. The van der Waals surface area contributed by atoms with Crippen molar-refractivity contribution in [2.45, 2.75) is 39.7 Å². The normalized spacial score (nSPS) is 16.2. The first-order chi connectivity index (χ1) is 13.2. The summed E-state index contributed by atoms with van der Waals surface area (Å²) in [7, 11) is 1.83. The lowest BCUT2D eigenvalue weighted by atomic mass is 9.99. The Bertz CT molecular complexity index is 748. The Morgan fingerprint density at radius 1 is 1.14 bits per heavy atom. The van der Waals surface area contributed by atoms with Crippen LogP contribution < -0.4 is 10.6 Å². The van der Waals surface area contributed by atoms with Gasteiger partial charge in [0.05, 0.1) is 11.0 Å². The fourth-order valence-corrected chi connectivity index (χ4v) is 3.78. The van der Waals surface area contributed by atoms with E-state index in [0.717, 1.165) is 49.3 Å². The van der Waals surface area contributed by atoms with Gasteiger partial charge in [0.2, 0.25) is 0 Å². The molecule has 1 aromatic carbocycles. The molecule has 0 amide bonds. The highest BCUT2D eigenvalue weighted by molar-refractivity contribution is 14.0. The van der Waals surface area contributed by atoms with Gasteiger partial charge in [-0.1, -0.05) is 19.1 Å². The van der Waals surface area contributed by atoms with Crippen LogP contribution in [0.15, 0.2) is 29.3 Å². The summed E-state index contributed by atoms with van der Waals surface area (Å²) >= 11 is 0. The molecule has 0 saturated carbocycles. The average Bonchev–Trinajstić information content (AvgIpc) is 3.00. The van der Waals surface area contributed by atoms with Gasteiger partial charge in [-0.2, -0.15) is 0 Å². The molecule has 1 aliphatic heterocycles. The van der Waals surface area contributed by atoms with E-state index in [0.29, 0.717) is 0 Å². The quantitative estimate of drug-likeness (QED) is 0.267. The number of hydrogen-bond donors (Lipinski definition) is 2. The molecule has 2 N–H and O–H groups in total. The molecule has 0 aliphatic carbocycles. The first kappa shape index (κ1) is 22.9. The number of aromatic nitrogens is 2. The maximum Gasteiger partial charge on any atom is 0.191 e. The minimum Gasteiger partial charge on any atom is -0.356 e. The average molecular weight is 498 g/mol. The highest BCUT2D eigenvalue weighted by Gasteiger charge is 2.14. The van der Waals surface area contributed by atoms with Crippen molar-refractivity contribution in [3.63, 3.8) is 0 Å². The predicted octanol–water partition coefficient (Wildman–Crippen LogP) is 3.25. The molecule has 2 aromatic rings. The zero-order chi connectivity index (χ0) is 19.1. The maximum absolute atomic E-state index is 4.63. The number of benzene rings is 1. The Morgan fingerprint density at radius 2 is 1.86 bits per heavy atom. The van der Waals surface area contributed by atoms with E-state index in [4.69, 9.17) is 0 Å². The van der Waals surface area contributed by atoms with E-state index in [2.05, 4.69) is 62.1 Å². The number of nitrogens with zero attached hydrogens (tertiary/aromatic N) is 4. The summed E-state index contributed by atoms with van der Waals surface area (Å²) in [6.07, 6.45) is 3.85. The lowest BCUT2D eigenvalue weighted by Crippen LogP contribution is -2.40. The molecule has 28 heavy (non-hydrogen) atoms. The third-order valence-corrected chi connectivity index (χ3v) is 5.52. The largest absolute Gasteiger partial charge is 0.356 e. The highest BCUT2D eigenvalue weighted by Crippen LogP contribution is 2.16. The summed E-state index contributed by atoms with van der Waals surface area (Å²) in [5.41, 5.74) is 2.25. The molecule has 1 aliphatic rings. The lowest BCUT2D eigenvalue weighted by molar-refractivity contribution is 0.191. The van der Waals surface area contributed by atoms with Crippen LogP contribution in [0.3, 0.4) is 0 Å². The molecule has 2 heterocycles. The van der Waals surface area contributed by atoms with Crippen LogP contribution in [0.4, 0.5) is 0 Å². The summed E-state index contributed by atoms with van der Waals surface area (Å²) in [5, 5.41) is 6.86. The van der Waals surface area contributed by atoms with Crippen molar-refractivity contribution in [3.8, 4) is 0 Å². The van der Waals surface area contributed by atoms with Crippen LogP contribution in [0, 0.1) is 12.8 Å². The fourth-order valence-electron chi connectivity index (χ4n) is 3.78. The fraction of sp³-hybridized carbons (Fsp3) is 0.619. The van der Waals surface area contributed by atoms with Crippen molar-refractivity contribution < 1.29 is 0 Å². The number of aliphatic imine (C=N–C) groups is 1. The Kier molecular flexibility index (Phi) is 9.50. The van der Waals surface area contributed by atoms with Gasteiger partial charge in [-0.3, -0.25) is 4.99 Å². The summed E-state index contributed by atoms with van der Waals surface area (Å²) < 4.78 is 2.26. The zero-order valence-electron chi connectivity index (χ0n) is 17.4. The Hall–Kier alpha value is -1.35. The number of piperidine rings is 1. The van der Waals surface area contributed by atoms with Gasteiger partial charge in [-0.25, -0.2) is 4.98 Å². The van der Waals surface area contributed by atoms with E-state index in [1.807, 2.05) is 13.1 Å². The van der Waals surface area contributed by atoms with Crippen LogP contribution >= 0.6 is 24.0 Å². The second kappa shape index (κ2) is 11.6. The molecular formula is C21H35IN6. The minimum absolute atomic E-state index is 0. The first-order valence-electron chi connectivity index (χ1n) is 10.3. The molecule has 0 bridgehead atoms. The SMILES string of the molecule is CN=C(NCCCN1CCC(C)CC1)NCCn1c(C)nc2ccccc21.I. The summed E-state index contributed by atoms with van der Waals surface area (Å²) in [6, 6.07) is 8.30. The maximum atomic E-state index is 4.63. The number of fused-ring (bicyclic) bond motifs is 1. The topological polar surface area (TPSA) is 57.5 Å². The van der Waals surface area contributed by atoms with Gasteiger partial charge in [-0.05, 0) is 63.9 Å². The molecule has 7 heteroatoms. The number of aryl methyl sites for hydroxylation is 1. The van der Waals surface area contributed by atoms with Crippen LogP contribution in [0.25, 0.3) is 11.0 Å². The smallest absolute Gasteiger partial charge is 0.191 e. The third-order valence-electron chi connectivity index (χ3n) is 5.52. The van der Waals surface area contributed by atoms with Gasteiger partial charge in [0.1, 0.15) is 5.82 Å². The molecule has 0 unspecified atom stereocenters. The monoisotopic (exact) mass is 498 g/mol. The number of likely N-dealkylation sites (tertiary alicyclic amines) is 1. The molecule has 0 atom stereocenters. The van der Waals surface area contributed by atoms with Crippen molar-refractivity contribution in [2.24, 2.45) is 10.9 Å². The highest BCUT2D eigenvalue weighted by atomic mass is 127. The van der Waals surface area contributed by atoms with Crippen LogP contribution in [0.2, 0.25) is 0 Å². The van der Waals surface area contributed by atoms with Gasteiger partial charge < -0.3 is 20.1 Å². The number of para-hydroxylation sites is 2. The van der Waals surface area contributed by atoms with E-state index >= 15 is 0 Å². The zero-order valence-corrected chi connectivity index (χ0v) is 19.8. The number of imidazole rings is 1. The van der Waals surface area contributed by atoms with E-state index in [1.54, 1.807) is 0 Å². The molecule has 1 fully saturated rings. The minimum atomic E-state index is 0. The molecular weight excluding hydrogens is 463 g/mol. The molecule has 156 valence electrons. The number of guanidine groups is 1. The van der Waals surface area contributed by atoms with Gasteiger partial charge in [-0.15, -0.1) is 24.0 Å². The van der Waals surface area contributed by atoms with E-state index in [1.165, 1.54) is 38.0 Å². The number of nitrogens with one attached hydrogen (secondary N) is 2. The van der Waals surface area contributed by atoms with Crippen LogP contribution in [-0.4, -0.2) is 60.2 Å². The van der Waals surface area contributed by atoms with Crippen LogP contribution in [0.5, 0.6) is 0 Å². The van der Waals surface area contributed by atoms with E-state index in [-0.39, 0.29) is 24.0 Å². The van der Waals surface area contributed by atoms with E-state index < -0.39 is 0 Å². The molecule has 6 nitrogen and oxygen atoms in total. The predicted molar refractivity (Wildman–Crippen MR) is 129 cm³/mol. The number of hydrogen-bond acceptors (Lipinski definition) is 3. The van der Waals surface area contributed by atoms with Gasteiger partial charge in [0.15, 0.2) is 5.96 Å². The van der Waals surface area contributed by atoms with Crippen LogP contribution in [0.1, 0.15) is 32.0 Å². The van der Waals surface area contributed by atoms with Crippen molar-refractivity contribution in [1.82, 2.24) is 25.1 Å². The lowest BCUT2D eigenvalue weighted by Gasteiger charge is -2.30. The molecule has 3 rings (SSSR count). The first-order valence-corrected chi connectivity index (χ1v) is 10.3. The Labute approximate surface area is 186 Å². The Balaban J connectivity index is 0.00000280. The summed E-state index contributed by atoms with van der Waals surface area (Å²) in [5.74, 6) is 2.83. The van der Waals surface area contributed by atoms with Crippen molar-refractivity contribution >= 4 is 41.0 Å². The van der Waals surface area contributed by atoms with Crippen molar-refractivity contribution in [2.75, 3.05) is 39.8 Å². The second-order valence-corrected chi connectivity index (χ2v) is 7.60. The standard InChI is InChI=1S/C21H34N6.HI/c1-17-9-14-26(15-10-17)13-6-11-23-21(22-3)24-12-16-27-18(2)25-19-7-4-5-8-20(19)27;/h4-5,7-8,17H,6,9-16H2,1-3H3,(H2,22,23,24);1H. The molecule has 1 aromatic heterocycles. The molecule has 0 radical (unpaired) electrons. The van der Waals surface area contributed by atoms with E-state index in [9.17, 15) is 0 Å². The number of halogens is 1. The number of rotatable bonds is 7. The molecule has 0 spiro atoms.